The second kappa shape index (κ2) is 7.80. The predicted molar refractivity (Wildman–Crippen MR) is 85.1 cm³/mol. The molecule has 1 fully saturated rings. The first-order valence-electron chi connectivity index (χ1n) is 8.06. The highest BCUT2D eigenvalue weighted by Crippen LogP contribution is 2.21. The summed E-state index contributed by atoms with van der Waals surface area (Å²) in [4.78, 5) is 0. The molecule has 1 aliphatic rings. The third kappa shape index (κ3) is 4.60. The highest BCUT2D eigenvalue weighted by atomic mass is 16.5. The lowest BCUT2D eigenvalue weighted by Gasteiger charge is -2.32. The van der Waals surface area contributed by atoms with Gasteiger partial charge < -0.3 is 10.1 Å². The van der Waals surface area contributed by atoms with E-state index in [2.05, 4.69) is 56.4 Å². The molecule has 2 heteroatoms. The molecule has 1 saturated heterocycles. The Morgan fingerprint density at radius 1 is 1.20 bits per heavy atom. The number of nitrogens with one attached hydrogen (secondary N) is 1. The van der Waals surface area contributed by atoms with Crippen LogP contribution in [0.3, 0.4) is 0 Å². The zero-order valence-electron chi connectivity index (χ0n) is 13.1. The van der Waals surface area contributed by atoms with Gasteiger partial charge in [-0.2, -0.15) is 0 Å². The van der Waals surface area contributed by atoms with Crippen molar-refractivity contribution in [3.8, 4) is 0 Å². The number of hydrogen-bond donors (Lipinski definition) is 1. The van der Waals surface area contributed by atoms with E-state index in [0.717, 1.165) is 26.0 Å². The quantitative estimate of drug-likeness (QED) is 0.848. The minimum absolute atomic E-state index is 0.438. The fourth-order valence-electron chi connectivity index (χ4n) is 2.93. The van der Waals surface area contributed by atoms with E-state index in [1.807, 2.05) is 0 Å². The maximum absolute atomic E-state index is 5.83. The number of hydrogen-bond acceptors (Lipinski definition) is 2. The van der Waals surface area contributed by atoms with E-state index in [1.54, 1.807) is 0 Å². The fraction of sp³-hybridized carbons (Fsp3) is 0.667. The van der Waals surface area contributed by atoms with Gasteiger partial charge in [-0.1, -0.05) is 51.1 Å². The molecule has 1 N–H and O–H groups in total. The zero-order valence-corrected chi connectivity index (χ0v) is 13.1. The summed E-state index contributed by atoms with van der Waals surface area (Å²) in [5, 5.41) is 3.73. The molecule has 3 atom stereocenters. The first kappa shape index (κ1) is 15.5. The van der Waals surface area contributed by atoms with Crippen LogP contribution in [0.25, 0.3) is 0 Å². The average Bonchev–Trinajstić information content (AvgIpc) is 2.48. The first-order chi connectivity index (χ1) is 9.66. The smallest absolute Gasteiger partial charge is 0.0612 e. The van der Waals surface area contributed by atoms with Crippen molar-refractivity contribution in [2.45, 2.75) is 58.1 Å². The molecular weight excluding hydrogens is 246 g/mol. The molecule has 0 aromatic heterocycles. The van der Waals surface area contributed by atoms with E-state index in [1.165, 1.54) is 12.0 Å². The van der Waals surface area contributed by atoms with Crippen molar-refractivity contribution < 1.29 is 4.74 Å². The molecule has 1 aromatic carbocycles. The lowest BCUT2D eigenvalue weighted by molar-refractivity contribution is -0.0243. The maximum Gasteiger partial charge on any atom is 0.0612 e. The Kier molecular flexibility index (Phi) is 6.06. The van der Waals surface area contributed by atoms with Gasteiger partial charge in [-0.05, 0) is 43.2 Å². The van der Waals surface area contributed by atoms with E-state index in [4.69, 9.17) is 4.74 Å². The molecule has 20 heavy (non-hydrogen) atoms. The van der Waals surface area contributed by atoms with Crippen LogP contribution in [0.15, 0.2) is 30.3 Å². The summed E-state index contributed by atoms with van der Waals surface area (Å²) in [5.41, 5.74) is 1.45. The Balaban J connectivity index is 1.70. The van der Waals surface area contributed by atoms with Crippen LogP contribution in [0, 0.1) is 5.92 Å². The van der Waals surface area contributed by atoms with Gasteiger partial charge in [0.05, 0.1) is 6.10 Å². The molecule has 3 unspecified atom stereocenters. The SMILES string of the molecule is CC(CCNC1CCOC(C(C)C)C1)c1ccccc1. The summed E-state index contributed by atoms with van der Waals surface area (Å²) in [6.45, 7) is 8.84. The molecule has 2 nitrogen and oxygen atoms in total. The average molecular weight is 275 g/mol. The molecular formula is C18H29NO. The van der Waals surface area contributed by atoms with Gasteiger partial charge in [0.15, 0.2) is 0 Å². The fourth-order valence-corrected chi connectivity index (χ4v) is 2.93. The summed E-state index contributed by atoms with van der Waals surface area (Å²) in [7, 11) is 0. The zero-order chi connectivity index (χ0) is 14.4. The van der Waals surface area contributed by atoms with Gasteiger partial charge in [0.2, 0.25) is 0 Å². The molecule has 1 aromatic rings. The summed E-state index contributed by atoms with van der Waals surface area (Å²) in [5.74, 6) is 1.26. The molecule has 0 saturated carbocycles. The van der Waals surface area contributed by atoms with Crippen molar-refractivity contribution in [3.63, 3.8) is 0 Å². The summed E-state index contributed by atoms with van der Waals surface area (Å²) in [6.07, 6.45) is 3.96. The van der Waals surface area contributed by atoms with Crippen LogP contribution in [0.2, 0.25) is 0 Å². The summed E-state index contributed by atoms with van der Waals surface area (Å²) in [6, 6.07) is 11.4. The van der Waals surface area contributed by atoms with Crippen LogP contribution >= 0.6 is 0 Å². The van der Waals surface area contributed by atoms with Crippen molar-refractivity contribution in [1.29, 1.82) is 0 Å². The van der Waals surface area contributed by atoms with Gasteiger partial charge in [-0.3, -0.25) is 0 Å². The molecule has 1 heterocycles. The summed E-state index contributed by atoms with van der Waals surface area (Å²) < 4.78 is 5.83. The molecule has 1 aliphatic heterocycles. The Morgan fingerprint density at radius 3 is 2.65 bits per heavy atom. The molecule has 0 radical (unpaired) electrons. The molecule has 0 aliphatic carbocycles. The largest absolute Gasteiger partial charge is 0.378 e. The lowest BCUT2D eigenvalue weighted by atomic mass is 9.94. The second-order valence-electron chi connectivity index (χ2n) is 6.43. The van der Waals surface area contributed by atoms with Gasteiger partial charge in [0.1, 0.15) is 0 Å². The van der Waals surface area contributed by atoms with Crippen LogP contribution in [-0.2, 0) is 4.74 Å². The lowest BCUT2D eigenvalue weighted by Crippen LogP contribution is -2.41. The van der Waals surface area contributed by atoms with E-state index < -0.39 is 0 Å². The number of ether oxygens (including phenoxy) is 1. The van der Waals surface area contributed by atoms with Crippen LogP contribution < -0.4 is 5.32 Å². The second-order valence-corrected chi connectivity index (χ2v) is 6.43. The van der Waals surface area contributed by atoms with E-state index in [0.29, 0.717) is 24.0 Å². The third-order valence-corrected chi connectivity index (χ3v) is 4.44. The third-order valence-electron chi connectivity index (χ3n) is 4.44. The van der Waals surface area contributed by atoms with Crippen molar-refractivity contribution in [2.24, 2.45) is 5.92 Å². The standard InChI is InChI=1S/C18H29NO/c1-14(2)18-13-17(10-12-20-18)19-11-9-15(3)16-7-5-4-6-8-16/h4-8,14-15,17-19H,9-13H2,1-3H3. The van der Waals surface area contributed by atoms with Crippen molar-refractivity contribution in [1.82, 2.24) is 5.32 Å². The minimum Gasteiger partial charge on any atom is -0.378 e. The van der Waals surface area contributed by atoms with Gasteiger partial charge in [0, 0.05) is 12.6 Å². The normalized spacial score (nSPS) is 24.8. The van der Waals surface area contributed by atoms with E-state index in [9.17, 15) is 0 Å². The number of rotatable bonds is 6. The molecule has 0 bridgehead atoms. The van der Waals surface area contributed by atoms with Crippen LogP contribution in [0.1, 0.15) is 51.5 Å². The van der Waals surface area contributed by atoms with Crippen LogP contribution in [-0.4, -0.2) is 25.3 Å². The van der Waals surface area contributed by atoms with Crippen molar-refractivity contribution in [2.75, 3.05) is 13.2 Å². The monoisotopic (exact) mass is 275 g/mol. The van der Waals surface area contributed by atoms with Gasteiger partial charge in [-0.15, -0.1) is 0 Å². The van der Waals surface area contributed by atoms with Gasteiger partial charge in [0.25, 0.3) is 0 Å². The topological polar surface area (TPSA) is 21.3 Å². The Labute approximate surface area is 123 Å². The van der Waals surface area contributed by atoms with Crippen molar-refractivity contribution in [3.05, 3.63) is 35.9 Å². The number of benzene rings is 1. The van der Waals surface area contributed by atoms with E-state index in [-0.39, 0.29) is 0 Å². The molecule has 0 amide bonds. The van der Waals surface area contributed by atoms with Gasteiger partial charge in [-0.25, -0.2) is 0 Å². The highest BCUT2D eigenvalue weighted by molar-refractivity contribution is 5.18. The predicted octanol–water partition coefficient (Wildman–Crippen LogP) is 3.97. The summed E-state index contributed by atoms with van der Waals surface area (Å²) >= 11 is 0. The van der Waals surface area contributed by atoms with Crippen LogP contribution in [0.5, 0.6) is 0 Å². The van der Waals surface area contributed by atoms with Gasteiger partial charge >= 0.3 is 0 Å². The highest BCUT2D eigenvalue weighted by Gasteiger charge is 2.24. The molecule has 0 spiro atoms. The Bertz CT molecular complexity index is 376. The minimum atomic E-state index is 0.438. The Hall–Kier alpha value is -0.860. The first-order valence-corrected chi connectivity index (χ1v) is 8.06. The maximum atomic E-state index is 5.83. The Morgan fingerprint density at radius 2 is 1.95 bits per heavy atom. The molecule has 112 valence electrons. The van der Waals surface area contributed by atoms with Crippen molar-refractivity contribution >= 4 is 0 Å². The van der Waals surface area contributed by atoms with E-state index >= 15 is 0 Å². The van der Waals surface area contributed by atoms with Crippen LogP contribution in [0.4, 0.5) is 0 Å². The molecule has 2 rings (SSSR count).